The number of nitrogens with zero attached hydrogens (tertiary/aromatic N) is 2. The molecule has 2 heterocycles. The molecule has 0 spiro atoms. The van der Waals surface area contributed by atoms with Gasteiger partial charge in [0, 0.05) is 23.6 Å². The first-order valence-corrected chi connectivity index (χ1v) is 10.3. The van der Waals surface area contributed by atoms with Crippen LogP contribution in [0.25, 0.3) is 0 Å². The first-order chi connectivity index (χ1) is 15.0. The summed E-state index contributed by atoms with van der Waals surface area (Å²) in [5, 5.41) is 9.68. The number of aromatic amines is 1. The van der Waals surface area contributed by atoms with E-state index < -0.39 is 24.3 Å². The smallest absolute Gasteiger partial charge is 0.405 e. The van der Waals surface area contributed by atoms with Crippen molar-refractivity contribution < 1.29 is 31.9 Å². The first kappa shape index (κ1) is 22.2. The Kier molecular flexibility index (Phi) is 5.63. The summed E-state index contributed by atoms with van der Waals surface area (Å²) < 4.78 is 49.2. The van der Waals surface area contributed by atoms with E-state index >= 15 is 0 Å². The Hall–Kier alpha value is -3.05. The second-order valence-electron chi connectivity index (χ2n) is 8.66. The third kappa shape index (κ3) is 5.05. The van der Waals surface area contributed by atoms with Crippen LogP contribution in [0.3, 0.4) is 0 Å². The summed E-state index contributed by atoms with van der Waals surface area (Å²) in [5.41, 5.74) is 4.27. The van der Waals surface area contributed by atoms with Gasteiger partial charge in [0.25, 0.3) is 0 Å². The van der Waals surface area contributed by atoms with Crippen LogP contribution in [0.5, 0.6) is 0 Å². The number of amides is 2. The highest BCUT2D eigenvalue weighted by Gasteiger charge is 2.65. The van der Waals surface area contributed by atoms with Gasteiger partial charge >= 0.3 is 12.3 Å². The molecule has 2 aliphatic rings. The van der Waals surface area contributed by atoms with Gasteiger partial charge in [0.1, 0.15) is 17.8 Å². The monoisotopic (exact) mass is 455 g/mol. The zero-order chi connectivity index (χ0) is 23.1. The molecule has 4 rings (SSSR count). The van der Waals surface area contributed by atoms with Gasteiger partial charge < -0.3 is 20.2 Å². The number of halogens is 3. The number of alkyl halides is 3. The number of rotatable bonds is 7. The molecule has 12 heteroatoms. The molecule has 174 valence electrons. The molecule has 4 atom stereocenters. The summed E-state index contributed by atoms with van der Waals surface area (Å²) in [6.07, 6.45) is -3.03. The third-order valence-corrected chi connectivity index (χ3v) is 6.21. The van der Waals surface area contributed by atoms with Crippen molar-refractivity contribution in [1.82, 2.24) is 15.2 Å². The molecule has 2 fully saturated rings. The van der Waals surface area contributed by atoms with Gasteiger partial charge in [0.15, 0.2) is 5.82 Å². The fraction of sp³-hybridized carbons (Fsp3) is 0.600. The number of aromatic nitrogens is 3. The minimum absolute atomic E-state index is 0.0173. The topological polar surface area (TPSA) is 136 Å². The van der Waals surface area contributed by atoms with Gasteiger partial charge in [-0.1, -0.05) is 0 Å². The number of hydrogen-bond donors (Lipinski definition) is 3. The Bertz CT molecular complexity index is 1000. The number of H-pyrrole nitrogens is 1. The summed E-state index contributed by atoms with van der Waals surface area (Å²) >= 11 is 0. The van der Waals surface area contributed by atoms with Crippen LogP contribution in [0.15, 0.2) is 16.7 Å². The third-order valence-electron chi connectivity index (χ3n) is 6.21. The zero-order valence-electron chi connectivity index (χ0n) is 17.4. The van der Waals surface area contributed by atoms with Gasteiger partial charge in [0.05, 0.1) is 12.6 Å². The number of aryl methyl sites for hydroxylation is 1. The highest BCUT2D eigenvalue weighted by Crippen LogP contribution is 2.61. The normalized spacial score (nSPS) is 27.3. The second kappa shape index (κ2) is 8.14. The highest BCUT2D eigenvalue weighted by molar-refractivity contribution is 5.90. The van der Waals surface area contributed by atoms with Crippen LogP contribution in [0.4, 0.5) is 23.8 Å². The lowest BCUT2D eigenvalue weighted by molar-refractivity contribution is -0.160. The first-order valence-electron chi connectivity index (χ1n) is 10.3. The number of carbonyl (C=O) groups is 2. The molecule has 0 bridgehead atoms. The van der Waals surface area contributed by atoms with Crippen LogP contribution in [-0.2, 0) is 16.0 Å². The van der Waals surface area contributed by atoms with E-state index in [-0.39, 0.29) is 36.5 Å². The van der Waals surface area contributed by atoms with Gasteiger partial charge in [-0.3, -0.25) is 9.89 Å². The number of nitrogens with two attached hydrogens (primary N) is 1. The van der Waals surface area contributed by atoms with Crippen LogP contribution in [0, 0.1) is 18.8 Å². The van der Waals surface area contributed by atoms with Gasteiger partial charge in [0.2, 0.25) is 11.8 Å². The van der Waals surface area contributed by atoms with Crippen molar-refractivity contribution in [3.8, 4) is 0 Å². The number of primary amides is 1. The lowest BCUT2D eigenvalue weighted by Gasteiger charge is -2.21. The number of nitrogens with one attached hydrogen (secondary N) is 2. The largest absolute Gasteiger partial charge is 0.445 e. The lowest BCUT2D eigenvalue weighted by Crippen LogP contribution is -2.32. The van der Waals surface area contributed by atoms with Crippen molar-refractivity contribution in [2.45, 2.75) is 63.1 Å². The number of ether oxygens (including phenoxy) is 1. The van der Waals surface area contributed by atoms with Crippen LogP contribution in [0.1, 0.15) is 55.4 Å². The fourth-order valence-corrected chi connectivity index (χ4v) is 4.89. The number of carbonyl (C=O) groups excluding carboxylic acids is 2. The SMILES string of the molecule is Cc1cnc(CC(=O)Nc2cc([C@H]3CC[C@@H](C4CC4(CC(F)(F)F)OC(N)=O)C3)[nH]n2)o1. The van der Waals surface area contributed by atoms with E-state index in [4.69, 9.17) is 14.9 Å². The van der Waals surface area contributed by atoms with Crippen LogP contribution < -0.4 is 11.1 Å². The highest BCUT2D eigenvalue weighted by atomic mass is 19.4. The van der Waals surface area contributed by atoms with E-state index in [9.17, 15) is 22.8 Å². The minimum Gasteiger partial charge on any atom is -0.445 e. The molecule has 2 aliphatic carbocycles. The fourth-order valence-electron chi connectivity index (χ4n) is 4.89. The lowest BCUT2D eigenvalue weighted by atomic mass is 9.95. The average Bonchev–Trinajstić information content (AvgIpc) is 3.11. The molecule has 2 saturated carbocycles. The van der Waals surface area contributed by atoms with Crippen LogP contribution >= 0.6 is 0 Å². The standard InChI is InChI=1S/C20H24F3N5O4/c1-10-8-25-17(31-10)6-16(29)26-15-5-14(27-28-15)12-3-2-11(4-12)13-7-19(13,32-18(24)30)9-20(21,22)23/h5,8,11-13H,2-4,6-7,9H2,1H3,(H2,24,30)(H2,26,27,28,29)/t11-,12+,13?,19?/m1/s1. The van der Waals surface area contributed by atoms with Crippen molar-refractivity contribution in [2.24, 2.45) is 17.6 Å². The van der Waals surface area contributed by atoms with Gasteiger partial charge in [-0.05, 0) is 38.5 Å². The molecule has 0 radical (unpaired) electrons. The van der Waals surface area contributed by atoms with E-state index in [1.807, 2.05) is 0 Å². The molecule has 0 aliphatic heterocycles. The summed E-state index contributed by atoms with van der Waals surface area (Å²) in [6.45, 7) is 1.73. The summed E-state index contributed by atoms with van der Waals surface area (Å²) in [7, 11) is 0. The van der Waals surface area contributed by atoms with Crippen molar-refractivity contribution in [2.75, 3.05) is 5.32 Å². The molecule has 2 unspecified atom stereocenters. The summed E-state index contributed by atoms with van der Waals surface area (Å²) in [6, 6.07) is 1.72. The number of hydrogen-bond acceptors (Lipinski definition) is 6. The van der Waals surface area contributed by atoms with Crippen LogP contribution in [-0.4, -0.2) is 39.0 Å². The van der Waals surface area contributed by atoms with Crippen molar-refractivity contribution in [3.63, 3.8) is 0 Å². The summed E-state index contributed by atoms with van der Waals surface area (Å²) in [4.78, 5) is 27.3. The Morgan fingerprint density at radius 2 is 2.19 bits per heavy atom. The van der Waals surface area contributed by atoms with Gasteiger partial charge in [-0.2, -0.15) is 18.3 Å². The van der Waals surface area contributed by atoms with Crippen molar-refractivity contribution >= 4 is 17.8 Å². The molecule has 2 amide bonds. The molecule has 0 aromatic carbocycles. The van der Waals surface area contributed by atoms with Gasteiger partial charge in [-0.25, -0.2) is 9.78 Å². The maximum Gasteiger partial charge on any atom is 0.405 e. The number of oxazole rings is 1. The second-order valence-corrected chi connectivity index (χ2v) is 8.66. The number of anilines is 1. The molecule has 32 heavy (non-hydrogen) atoms. The van der Waals surface area contributed by atoms with Crippen molar-refractivity contribution in [3.05, 3.63) is 29.6 Å². The average molecular weight is 455 g/mol. The van der Waals surface area contributed by atoms with E-state index in [0.717, 1.165) is 12.1 Å². The Balaban J connectivity index is 1.33. The Morgan fingerprint density at radius 1 is 1.41 bits per heavy atom. The van der Waals surface area contributed by atoms with Gasteiger partial charge in [-0.15, -0.1) is 0 Å². The molecule has 2 aromatic rings. The maximum absolute atomic E-state index is 13.0. The Morgan fingerprint density at radius 3 is 2.84 bits per heavy atom. The van der Waals surface area contributed by atoms with E-state index in [0.29, 0.717) is 30.3 Å². The predicted molar refractivity (Wildman–Crippen MR) is 104 cm³/mol. The van der Waals surface area contributed by atoms with Crippen LogP contribution in [0.2, 0.25) is 0 Å². The Labute approximate surface area is 181 Å². The van der Waals surface area contributed by atoms with E-state index in [2.05, 4.69) is 20.5 Å². The molecule has 0 saturated heterocycles. The minimum atomic E-state index is -4.44. The molecule has 2 aromatic heterocycles. The summed E-state index contributed by atoms with van der Waals surface area (Å²) in [5.74, 6) is 0.620. The molecular formula is C20H24F3N5O4. The molecule has 9 nitrogen and oxygen atoms in total. The molecular weight excluding hydrogens is 431 g/mol. The quantitative estimate of drug-likeness (QED) is 0.584. The molecule has 4 N–H and O–H groups in total. The van der Waals surface area contributed by atoms with E-state index in [1.54, 1.807) is 13.0 Å². The zero-order valence-corrected chi connectivity index (χ0v) is 17.4. The van der Waals surface area contributed by atoms with Crippen molar-refractivity contribution in [1.29, 1.82) is 0 Å². The predicted octanol–water partition coefficient (Wildman–Crippen LogP) is 3.58. The maximum atomic E-state index is 13.0. The van der Waals surface area contributed by atoms with E-state index in [1.165, 1.54) is 6.20 Å².